The van der Waals surface area contributed by atoms with E-state index in [0.29, 0.717) is 12.0 Å². The fourth-order valence-corrected chi connectivity index (χ4v) is 1.50. The van der Waals surface area contributed by atoms with Crippen LogP contribution < -0.4 is 5.73 Å². The molecule has 0 radical (unpaired) electrons. The van der Waals surface area contributed by atoms with E-state index in [1.807, 2.05) is 0 Å². The highest BCUT2D eigenvalue weighted by molar-refractivity contribution is 5.69. The molecular formula is C12H14F3NO2. The Morgan fingerprint density at radius 3 is 2.33 bits per heavy atom. The third kappa shape index (κ3) is 4.37. The first-order chi connectivity index (χ1) is 8.32. The Labute approximate surface area is 103 Å². The second-order valence-electron chi connectivity index (χ2n) is 3.94. The molecule has 0 heterocycles. The first kappa shape index (κ1) is 14.5. The Balaban J connectivity index is 2.61. The number of carbonyl (C=O) groups is 1. The molecule has 2 N–H and O–H groups in total. The summed E-state index contributed by atoms with van der Waals surface area (Å²) in [7, 11) is 1.26. The number of esters is 1. The van der Waals surface area contributed by atoms with Crippen molar-refractivity contribution in [2.24, 2.45) is 5.73 Å². The van der Waals surface area contributed by atoms with Crippen LogP contribution in [-0.2, 0) is 22.1 Å². The van der Waals surface area contributed by atoms with Crippen molar-refractivity contribution in [3.8, 4) is 0 Å². The lowest BCUT2D eigenvalue weighted by Crippen LogP contribution is -2.26. The van der Waals surface area contributed by atoms with Crippen LogP contribution in [0.15, 0.2) is 24.3 Å². The number of benzene rings is 1. The van der Waals surface area contributed by atoms with Gasteiger partial charge in [-0.2, -0.15) is 13.2 Å². The van der Waals surface area contributed by atoms with Gasteiger partial charge in [0.15, 0.2) is 0 Å². The fourth-order valence-electron chi connectivity index (χ4n) is 1.50. The van der Waals surface area contributed by atoms with Gasteiger partial charge in [-0.15, -0.1) is 0 Å². The van der Waals surface area contributed by atoms with Crippen molar-refractivity contribution < 1.29 is 22.7 Å². The van der Waals surface area contributed by atoms with Crippen LogP contribution in [0.5, 0.6) is 0 Å². The first-order valence-electron chi connectivity index (χ1n) is 5.31. The van der Waals surface area contributed by atoms with Crippen LogP contribution in [0, 0.1) is 0 Å². The molecular weight excluding hydrogens is 247 g/mol. The number of hydrogen-bond donors (Lipinski definition) is 1. The van der Waals surface area contributed by atoms with E-state index in [1.54, 1.807) is 0 Å². The van der Waals surface area contributed by atoms with Crippen molar-refractivity contribution in [1.29, 1.82) is 0 Å². The summed E-state index contributed by atoms with van der Waals surface area (Å²) in [4.78, 5) is 10.9. The van der Waals surface area contributed by atoms with Crippen molar-refractivity contribution in [2.75, 3.05) is 7.11 Å². The zero-order chi connectivity index (χ0) is 13.8. The number of halogens is 3. The zero-order valence-electron chi connectivity index (χ0n) is 9.83. The maximum Gasteiger partial charge on any atom is 0.416 e. The average molecular weight is 261 g/mol. The summed E-state index contributed by atoms with van der Waals surface area (Å²) in [5.41, 5.74) is 5.63. The topological polar surface area (TPSA) is 52.3 Å². The molecule has 100 valence electrons. The third-order valence-electron chi connectivity index (χ3n) is 2.44. The van der Waals surface area contributed by atoms with E-state index in [4.69, 9.17) is 5.73 Å². The third-order valence-corrected chi connectivity index (χ3v) is 2.44. The highest BCUT2D eigenvalue weighted by atomic mass is 19.4. The molecule has 1 rings (SSSR count). The standard InChI is InChI=1S/C12H14F3NO2/c1-18-11(17)7-10(16)6-8-2-4-9(5-3-8)12(13,14)15/h2-5,10H,6-7,16H2,1H3/t10-/m0/s1. The predicted octanol–water partition coefficient (Wildman–Crippen LogP) is 2.14. The smallest absolute Gasteiger partial charge is 0.416 e. The van der Waals surface area contributed by atoms with Gasteiger partial charge in [-0.1, -0.05) is 12.1 Å². The van der Waals surface area contributed by atoms with Crippen LogP contribution >= 0.6 is 0 Å². The minimum Gasteiger partial charge on any atom is -0.469 e. The lowest BCUT2D eigenvalue weighted by atomic mass is 10.0. The van der Waals surface area contributed by atoms with E-state index in [1.165, 1.54) is 19.2 Å². The molecule has 18 heavy (non-hydrogen) atoms. The molecule has 0 unspecified atom stereocenters. The van der Waals surface area contributed by atoms with Crippen LogP contribution in [-0.4, -0.2) is 19.1 Å². The molecule has 0 amide bonds. The summed E-state index contributed by atoms with van der Waals surface area (Å²) in [5.74, 6) is -0.436. The SMILES string of the molecule is COC(=O)C[C@@H](N)Cc1ccc(C(F)(F)F)cc1. The Kier molecular flexibility index (Phi) is 4.72. The maximum absolute atomic E-state index is 12.3. The predicted molar refractivity (Wildman–Crippen MR) is 59.8 cm³/mol. The molecule has 0 aromatic heterocycles. The van der Waals surface area contributed by atoms with Gasteiger partial charge in [0.25, 0.3) is 0 Å². The second kappa shape index (κ2) is 5.86. The minimum absolute atomic E-state index is 0.0392. The first-order valence-corrected chi connectivity index (χ1v) is 5.31. The van der Waals surface area contributed by atoms with Crippen molar-refractivity contribution in [3.63, 3.8) is 0 Å². The normalized spacial score (nSPS) is 13.2. The highest BCUT2D eigenvalue weighted by Crippen LogP contribution is 2.29. The summed E-state index contributed by atoms with van der Waals surface area (Å²) >= 11 is 0. The summed E-state index contributed by atoms with van der Waals surface area (Å²) < 4.78 is 41.4. The number of carbonyl (C=O) groups excluding carboxylic acids is 1. The van der Waals surface area contributed by atoms with Gasteiger partial charge in [-0.25, -0.2) is 0 Å². The zero-order valence-corrected chi connectivity index (χ0v) is 9.83. The Hall–Kier alpha value is -1.56. The molecule has 0 aliphatic carbocycles. The number of nitrogens with two attached hydrogens (primary N) is 1. The second-order valence-corrected chi connectivity index (χ2v) is 3.94. The molecule has 0 spiro atoms. The molecule has 6 heteroatoms. The van der Waals surface area contributed by atoms with E-state index in [2.05, 4.69) is 4.74 Å². The van der Waals surface area contributed by atoms with E-state index in [0.717, 1.165) is 12.1 Å². The fraction of sp³-hybridized carbons (Fsp3) is 0.417. The van der Waals surface area contributed by atoms with Gasteiger partial charge in [0.2, 0.25) is 0 Å². The van der Waals surface area contributed by atoms with Crippen LogP contribution in [0.3, 0.4) is 0 Å². The molecule has 0 saturated carbocycles. The summed E-state index contributed by atoms with van der Waals surface area (Å²) in [6.45, 7) is 0. The van der Waals surface area contributed by atoms with Gasteiger partial charge in [0.05, 0.1) is 19.1 Å². The quantitative estimate of drug-likeness (QED) is 0.845. The summed E-state index contributed by atoms with van der Waals surface area (Å²) in [5, 5.41) is 0. The minimum atomic E-state index is -4.34. The molecule has 0 aliphatic heterocycles. The maximum atomic E-state index is 12.3. The number of methoxy groups -OCH3 is 1. The number of alkyl halides is 3. The average Bonchev–Trinajstić information content (AvgIpc) is 2.28. The van der Waals surface area contributed by atoms with Crippen molar-refractivity contribution in [3.05, 3.63) is 35.4 Å². The van der Waals surface area contributed by atoms with Crippen LogP contribution in [0.2, 0.25) is 0 Å². The van der Waals surface area contributed by atoms with Gasteiger partial charge >= 0.3 is 12.1 Å². The largest absolute Gasteiger partial charge is 0.469 e. The Morgan fingerprint density at radius 2 is 1.89 bits per heavy atom. The molecule has 1 aromatic rings. The van der Waals surface area contributed by atoms with Crippen molar-refractivity contribution in [2.45, 2.75) is 25.1 Å². The molecule has 3 nitrogen and oxygen atoms in total. The van der Waals surface area contributed by atoms with E-state index in [-0.39, 0.29) is 6.42 Å². The van der Waals surface area contributed by atoms with Crippen LogP contribution in [0.4, 0.5) is 13.2 Å². The lowest BCUT2D eigenvalue weighted by Gasteiger charge is -2.11. The van der Waals surface area contributed by atoms with Crippen LogP contribution in [0.25, 0.3) is 0 Å². The molecule has 0 aliphatic rings. The van der Waals surface area contributed by atoms with Gasteiger partial charge in [-0.05, 0) is 24.1 Å². The van der Waals surface area contributed by atoms with Crippen LogP contribution in [0.1, 0.15) is 17.5 Å². The van der Waals surface area contributed by atoms with E-state index < -0.39 is 23.8 Å². The van der Waals surface area contributed by atoms with Crippen molar-refractivity contribution >= 4 is 5.97 Å². The summed E-state index contributed by atoms with van der Waals surface area (Å²) in [6, 6.07) is 4.26. The molecule has 0 saturated heterocycles. The molecule has 1 aromatic carbocycles. The van der Waals surface area contributed by atoms with Gasteiger partial charge in [0, 0.05) is 6.04 Å². The van der Waals surface area contributed by atoms with E-state index >= 15 is 0 Å². The Bertz CT molecular complexity index is 401. The number of ether oxygens (including phenoxy) is 1. The van der Waals surface area contributed by atoms with Gasteiger partial charge < -0.3 is 10.5 Å². The van der Waals surface area contributed by atoms with Gasteiger partial charge in [0.1, 0.15) is 0 Å². The Morgan fingerprint density at radius 1 is 1.33 bits per heavy atom. The monoisotopic (exact) mass is 261 g/mol. The molecule has 1 atom stereocenters. The lowest BCUT2D eigenvalue weighted by molar-refractivity contribution is -0.141. The number of hydrogen-bond acceptors (Lipinski definition) is 3. The highest BCUT2D eigenvalue weighted by Gasteiger charge is 2.29. The molecule has 0 bridgehead atoms. The molecule has 0 fully saturated rings. The van der Waals surface area contributed by atoms with E-state index in [9.17, 15) is 18.0 Å². The van der Waals surface area contributed by atoms with Gasteiger partial charge in [-0.3, -0.25) is 4.79 Å². The number of rotatable bonds is 4. The van der Waals surface area contributed by atoms with Crippen molar-refractivity contribution in [1.82, 2.24) is 0 Å². The summed E-state index contributed by atoms with van der Waals surface area (Å²) in [6.07, 6.45) is -3.97.